The fraction of sp³-hybridized carbons (Fsp3) is 0.286. The van der Waals surface area contributed by atoms with Crippen LogP contribution in [0.1, 0.15) is 23.4 Å². The van der Waals surface area contributed by atoms with Gasteiger partial charge < -0.3 is 10.1 Å². The topological polar surface area (TPSA) is 21.3 Å². The van der Waals surface area contributed by atoms with E-state index in [1.54, 1.807) is 19.2 Å². The third-order valence-electron chi connectivity index (χ3n) is 2.92. The van der Waals surface area contributed by atoms with E-state index >= 15 is 0 Å². The molecule has 0 bridgehead atoms. The number of halogens is 3. The van der Waals surface area contributed by atoms with Gasteiger partial charge in [0.1, 0.15) is 11.6 Å². The first kappa shape index (κ1) is 15.8. The Kier molecular flexibility index (Phi) is 5.43. The van der Waals surface area contributed by atoms with Crippen molar-refractivity contribution in [3.8, 4) is 5.75 Å². The molecule has 2 nitrogen and oxygen atoms in total. The zero-order valence-corrected chi connectivity index (χ0v) is 14.2. The maximum Gasteiger partial charge on any atom is 0.148 e. The van der Waals surface area contributed by atoms with Crippen molar-refractivity contribution in [2.24, 2.45) is 0 Å². The van der Waals surface area contributed by atoms with Gasteiger partial charge in [0, 0.05) is 10.0 Å². The van der Waals surface area contributed by atoms with E-state index in [0.717, 1.165) is 10.6 Å². The summed E-state index contributed by atoms with van der Waals surface area (Å²) in [6.45, 7) is 2.68. The van der Waals surface area contributed by atoms with Crippen molar-refractivity contribution >= 4 is 38.9 Å². The van der Waals surface area contributed by atoms with Crippen LogP contribution < -0.4 is 10.1 Å². The summed E-state index contributed by atoms with van der Waals surface area (Å²) in [7, 11) is 1.61. The van der Waals surface area contributed by atoms with Gasteiger partial charge in [-0.3, -0.25) is 0 Å². The maximum absolute atomic E-state index is 14.4. The standard InChI is InChI=1S/C14H14BrClFNOS/c1-3-18-13(14-10(19-2)6-7-20-14)8-4-5-9(15)11(16)12(8)17/h4-7,13,18H,3H2,1-2H3. The van der Waals surface area contributed by atoms with Gasteiger partial charge in [-0.15, -0.1) is 11.3 Å². The molecule has 0 aliphatic carbocycles. The van der Waals surface area contributed by atoms with Crippen LogP contribution >= 0.6 is 38.9 Å². The summed E-state index contributed by atoms with van der Waals surface area (Å²) in [5, 5.41) is 5.31. The molecule has 0 aliphatic heterocycles. The summed E-state index contributed by atoms with van der Waals surface area (Å²) in [5.74, 6) is 0.335. The summed E-state index contributed by atoms with van der Waals surface area (Å²) in [5.41, 5.74) is 0.515. The van der Waals surface area contributed by atoms with Gasteiger partial charge in [0.2, 0.25) is 0 Å². The Labute approximate surface area is 135 Å². The normalized spacial score (nSPS) is 12.4. The van der Waals surface area contributed by atoms with E-state index in [0.29, 0.717) is 16.6 Å². The average molecular weight is 379 g/mol. The van der Waals surface area contributed by atoms with Crippen LogP contribution in [-0.4, -0.2) is 13.7 Å². The molecule has 1 heterocycles. The number of hydrogen-bond acceptors (Lipinski definition) is 3. The van der Waals surface area contributed by atoms with Gasteiger partial charge in [0.25, 0.3) is 0 Å². The smallest absolute Gasteiger partial charge is 0.148 e. The lowest BCUT2D eigenvalue weighted by molar-refractivity contribution is 0.407. The monoisotopic (exact) mass is 377 g/mol. The van der Waals surface area contributed by atoms with Crippen LogP contribution in [0, 0.1) is 5.82 Å². The minimum Gasteiger partial charge on any atom is -0.496 e. The SMILES string of the molecule is CCNC(c1ccc(Br)c(Cl)c1F)c1sccc1OC. The predicted octanol–water partition coefficient (Wildman–Crippen LogP) is 5.01. The first-order valence-electron chi connectivity index (χ1n) is 6.08. The second-order valence-corrected chi connectivity index (χ2v) is 6.29. The Morgan fingerprint density at radius 3 is 2.85 bits per heavy atom. The highest BCUT2D eigenvalue weighted by Crippen LogP contribution is 2.38. The van der Waals surface area contributed by atoms with Crippen molar-refractivity contribution in [3.05, 3.63) is 49.3 Å². The molecule has 0 radical (unpaired) electrons. The second-order valence-electron chi connectivity index (χ2n) is 4.11. The third-order valence-corrected chi connectivity index (χ3v) is 5.15. The van der Waals surface area contributed by atoms with Gasteiger partial charge >= 0.3 is 0 Å². The molecule has 0 aliphatic rings. The molecule has 2 aromatic rings. The predicted molar refractivity (Wildman–Crippen MR) is 85.5 cm³/mol. The van der Waals surface area contributed by atoms with Gasteiger partial charge in [-0.25, -0.2) is 4.39 Å². The molecule has 6 heteroatoms. The lowest BCUT2D eigenvalue weighted by Crippen LogP contribution is -2.22. The van der Waals surface area contributed by atoms with E-state index in [4.69, 9.17) is 16.3 Å². The van der Waals surface area contributed by atoms with Crippen LogP contribution in [0.3, 0.4) is 0 Å². The van der Waals surface area contributed by atoms with Crippen LogP contribution in [0.15, 0.2) is 28.1 Å². The number of ether oxygens (including phenoxy) is 1. The van der Waals surface area contributed by atoms with Crippen LogP contribution in [0.5, 0.6) is 5.75 Å². The number of methoxy groups -OCH3 is 1. The highest BCUT2D eigenvalue weighted by atomic mass is 79.9. The molecule has 20 heavy (non-hydrogen) atoms. The Balaban J connectivity index is 2.52. The minimum atomic E-state index is -0.414. The number of hydrogen-bond donors (Lipinski definition) is 1. The minimum absolute atomic E-state index is 0.0981. The molecule has 0 saturated carbocycles. The summed E-state index contributed by atoms with van der Waals surface area (Å²) >= 11 is 10.7. The van der Waals surface area contributed by atoms with Crippen molar-refractivity contribution in [1.82, 2.24) is 5.32 Å². The van der Waals surface area contributed by atoms with Gasteiger partial charge in [-0.2, -0.15) is 0 Å². The Morgan fingerprint density at radius 1 is 1.45 bits per heavy atom. The van der Waals surface area contributed by atoms with E-state index in [2.05, 4.69) is 21.2 Å². The Bertz CT molecular complexity index is 605. The Morgan fingerprint density at radius 2 is 2.20 bits per heavy atom. The van der Waals surface area contributed by atoms with Gasteiger partial charge in [-0.1, -0.05) is 24.6 Å². The summed E-state index contributed by atoms with van der Waals surface area (Å²) in [4.78, 5) is 0.937. The van der Waals surface area contributed by atoms with Crippen molar-refractivity contribution in [2.75, 3.05) is 13.7 Å². The zero-order valence-electron chi connectivity index (χ0n) is 11.0. The van der Waals surface area contributed by atoms with Crippen molar-refractivity contribution in [3.63, 3.8) is 0 Å². The number of benzene rings is 1. The van der Waals surface area contributed by atoms with E-state index in [1.165, 1.54) is 11.3 Å². The van der Waals surface area contributed by atoms with E-state index in [9.17, 15) is 4.39 Å². The number of rotatable bonds is 5. The zero-order chi connectivity index (χ0) is 14.7. The molecular weight excluding hydrogens is 365 g/mol. The molecule has 1 unspecified atom stereocenters. The summed E-state index contributed by atoms with van der Waals surface area (Å²) < 4.78 is 20.3. The van der Waals surface area contributed by atoms with Crippen LogP contribution in [0.4, 0.5) is 4.39 Å². The van der Waals surface area contributed by atoms with Crippen LogP contribution in [-0.2, 0) is 0 Å². The van der Waals surface area contributed by atoms with Gasteiger partial charge in [0.15, 0.2) is 0 Å². The number of nitrogens with one attached hydrogen (secondary N) is 1. The van der Waals surface area contributed by atoms with Crippen molar-refractivity contribution < 1.29 is 9.13 Å². The molecule has 0 saturated heterocycles. The van der Waals surface area contributed by atoms with Crippen molar-refractivity contribution in [1.29, 1.82) is 0 Å². The lowest BCUT2D eigenvalue weighted by atomic mass is 10.0. The van der Waals surface area contributed by atoms with Crippen molar-refractivity contribution in [2.45, 2.75) is 13.0 Å². The fourth-order valence-electron chi connectivity index (χ4n) is 2.00. The number of thiophene rings is 1. The average Bonchev–Trinajstić information content (AvgIpc) is 2.91. The molecule has 2 rings (SSSR count). The van der Waals surface area contributed by atoms with E-state index in [-0.39, 0.29) is 11.1 Å². The molecule has 108 valence electrons. The highest BCUT2D eigenvalue weighted by molar-refractivity contribution is 9.10. The van der Waals surface area contributed by atoms with E-state index in [1.807, 2.05) is 18.4 Å². The summed E-state index contributed by atoms with van der Waals surface area (Å²) in [6.07, 6.45) is 0. The molecule has 1 aromatic heterocycles. The molecule has 1 aromatic carbocycles. The lowest BCUT2D eigenvalue weighted by Gasteiger charge is -2.20. The van der Waals surface area contributed by atoms with Crippen LogP contribution in [0.2, 0.25) is 5.02 Å². The fourth-order valence-corrected chi connectivity index (χ4v) is 3.43. The molecule has 1 atom stereocenters. The summed E-state index contributed by atoms with van der Waals surface area (Å²) in [6, 6.07) is 5.09. The molecule has 0 amide bonds. The second kappa shape index (κ2) is 6.89. The molecule has 0 spiro atoms. The molecular formula is C14H14BrClFNOS. The maximum atomic E-state index is 14.4. The quantitative estimate of drug-likeness (QED) is 0.738. The third kappa shape index (κ3) is 3.01. The van der Waals surface area contributed by atoms with Crippen LogP contribution in [0.25, 0.3) is 0 Å². The molecule has 1 N–H and O–H groups in total. The Hall–Kier alpha value is -0.620. The molecule has 0 fully saturated rings. The highest BCUT2D eigenvalue weighted by Gasteiger charge is 2.23. The van der Waals surface area contributed by atoms with E-state index < -0.39 is 5.82 Å². The first-order valence-corrected chi connectivity index (χ1v) is 8.13. The van der Waals surface area contributed by atoms with Gasteiger partial charge in [0.05, 0.1) is 23.1 Å². The van der Waals surface area contributed by atoms with Gasteiger partial charge in [-0.05, 0) is 40.0 Å². The first-order chi connectivity index (χ1) is 9.60. The largest absolute Gasteiger partial charge is 0.496 e.